The molecule has 150 valence electrons. The molecule has 0 saturated carbocycles. The first kappa shape index (κ1) is 20.1. The summed E-state index contributed by atoms with van der Waals surface area (Å²) in [6.07, 6.45) is 4.32. The number of carbonyl (C=O) groups excluding carboxylic acids is 1. The largest absolute Gasteiger partial charge is 0.495 e. The van der Waals surface area contributed by atoms with Gasteiger partial charge in [0.1, 0.15) is 10.6 Å². The van der Waals surface area contributed by atoms with Gasteiger partial charge in [-0.05, 0) is 43.0 Å². The quantitative estimate of drug-likeness (QED) is 0.770. The molecule has 2 heterocycles. The Hall–Kier alpha value is -2.65. The number of nitrogens with one attached hydrogen (secondary N) is 2. The fourth-order valence-electron chi connectivity index (χ4n) is 3.10. The van der Waals surface area contributed by atoms with Gasteiger partial charge < -0.3 is 15.0 Å². The number of pyridine rings is 1. The Kier molecular flexibility index (Phi) is 6.48. The van der Waals surface area contributed by atoms with Crippen molar-refractivity contribution in [3.05, 3.63) is 48.8 Å². The van der Waals surface area contributed by atoms with Crippen molar-refractivity contribution >= 4 is 21.7 Å². The fraction of sp³-hybridized carbons (Fsp3) is 0.368. The highest BCUT2D eigenvalue weighted by Gasteiger charge is 2.25. The number of aromatic nitrogens is 1. The molecule has 0 spiro atoms. The third-order valence-electron chi connectivity index (χ3n) is 4.76. The summed E-state index contributed by atoms with van der Waals surface area (Å²) in [5.41, 5.74) is 0.626. The molecule has 2 N–H and O–H groups in total. The zero-order chi connectivity index (χ0) is 20.0. The van der Waals surface area contributed by atoms with E-state index < -0.39 is 10.0 Å². The Balaban J connectivity index is 1.48. The molecule has 0 radical (unpaired) electrons. The van der Waals surface area contributed by atoms with E-state index in [1.165, 1.54) is 18.5 Å². The summed E-state index contributed by atoms with van der Waals surface area (Å²) in [7, 11) is -2.00. The number of piperidine rings is 1. The molecule has 2 amide bonds. The second kappa shape index (κ2) is 9.03. The van der Waals surface area contributed by atoms with Crippen LogP contribution < -0.4 is 14.8 Å². The molecule has 0 unspecified atom stereocenters. The third-order valence-corrected chi connectivity index (χ3v) is 6.17. The molecule has 28 heavy (non-hydrogen) atoms. The zero-order valence-corrected chi connectivity index (χ0v) is 16.5. The van der Waals surface area contributed by atoms with Crippen LogP contribution in [0, 0.1) is 5.92 Å². The highest BCUT2D eigenvalue weighted by atomic mass is 32.2. The Morgan fingerprint density at radius 1 is 1.21 bits per heavy atom. The van der Waals surface area contributed by atoms with Gasteiger partial charge in [-0.15, -0.1) is 0 Å². The second-order valence-electron chi connectivity index (χ2n) is 6.60. The lowest BCUT2D eigenvalue weighted by Gasteiger charge is -2.32. The number of sulfonamides is 1. The predicted octanol–water partition coefficient (Wildman–Crippen LogP) is 2.31. The molecule has 1 aromatic heterocycles. The van der Waals surface area contributed by atoms with Gasteiger partial charge in [0.15, 0.2) is 0 Å². The first-order valence-electron chi connectivity index (χ1n) is 9.08. The van der Waals surface area contributed by atoms with Crippen LogP contribution >= 0.6 is 0 Å². The van der Waals surface area contributed by atoms with Gasteiger partial charge in [0, 0.05) is 32.0 Å². The first-order chi connectivity index (χ1) is 13.5. The maximum absolute atomic E-state index is 12.5. The summed E-state index contributed by atoms with van der Waals surface area (Å²) in [6, 6.07) is 10.2. The van der Waals surface area contributed by atoms with E-state index in [0.29, 0.717) is 31.1 Å². The van der Waals surface area contributed by atoms with Crippen LogP contribution in [0.25, 0.3) is 0 Å². The van der Waals surface area contributed by atoms with Gasteiger partial charge >= 0.3 is 6.03 Å². The number of nitrogens with zero attached hydrogens (tertiary/aromatic N) is 2. The van der Waals surface area contributed by atoms with E-state index in [-0.39, 0.29) is 16.8 Å². The van der Waals surface area contributed by atoms with Crippen LogP contribution in [-0.4, -0.2) is 51.1 Å². The van der Waals surface area contributed by atoms with Crippen molar-refractivity contribution in [2.45, 2.75) is 17.7 Å². The van der Waals surface area contributed by atoms with Gasteiger partial charge in [0.2, 0.25) is 10.0 Å². The Bertz CT molecular complexity index is 897. The van der Waals surface area contributed by atoms with Gasteiger partial charge in [-0.2, -0.15) is 0 Å². The number of hydrogen-bond acceptors (Lipinski definition) is 5. The van der Waals surface area contributed by atoms with E-state index in [4.69, 9.17) is 4.74 Å². The maximum atomic E-state index is 12.5. The average molecular weight is 404 g/mol. The number of methoxy groups -OCH3 is 1. The molecular weight excluding hydrogens is 380 g/mol. The number of ether oxygens (including phenoxy) is 1. The molecule has 1 fully saturated rings. The van der Waals surface area contributed by atoms with E-state index in [0.717, 1.165) is 12.8 Å². The van der Waals surface area contributed by atoms with E-state index >= 15 is 0 Å². The number of anilines is 1. The fourth-order valence-corrected chi connectivity index (χ4v) is 4.18. The molecule has 8 nitrogen and oxygen atoms in total. The minimum absolute atomic E-state index is 0.156. The molecule has 9 heteroatoms. The lowest BCUT2D eigenvalue weighted by Crippen LogP contribution is -2.43. The van der Waals surface area contributed by atoms with Crippen LogP contribution in [0.5, 0.6) is 5.75 Å². The van der Waals surface area contributed by atoms with Gasteiger partial charge in [-0.25, -0.2) is 17.9 Å². The second-order valence-corrected chi connectivity index (χ2v) is 8.37. The maximum Gasteiger partial charge on any atom is 0.321 e. The zero-order valence-electron chi connectivity index (χ0n) is 15.7. The van der Waals surface area contributed by atoms with Crippen LogP contribution in [0.2, 0.25) is 0 Å². The third kappa shape index (κ3) is 4.99. The monoisotopic (exact) mass is 404 g/mol. The van der Waals surface area contributed by atoms with Gasteiger partial charge in [-0.3, -0.25) is 4.98 Å². The molecule has 1 aliphatic heterocycles. The van der Waals surface area contributed by atoms with Crippen LogP contribution in [0.4, 0.5) is 10.5 Å². The van der Waals surface area contributed by atoms with Gasteiger partial charge in [-0.1, -0.05) is 12.1 Å². The summed E-state index contributed by atoms with van der Waals surface area (Å²) in [5.74, 6) is 0.789. The summed E-state index contributed by atoms with van der Waals surface area (Å²) >= 11 is 0. The van der Waals surface area contributed by atoms with Crippen molar-refractivity contribution in [3.8, 4) is 5.75 Å². The number of carbonyl (C=O) groups is 1. The van der Waals surface area contributed by atoms with E-state index in [9.17, 15) is 13.2 Å². The Labute approximate surface area is 165 Å². The van der Waals surface area contributed by atoms with E-state index in [1.807, 2.05) is 12.1 Å². The molecule has 3 rings (SSSR count). The highest BCUT2D eigenvalue weighted by molar-refractivity contribution is 7.89. The molecule has 0 atom stereocenters. The van der Waals surface area contributed by atoms with Crippen molar-refractivity contribution in [2.75, 3.05) is 32.1 Å². The molecule has 2 aromatic rings. The average Bonchev–Trinajstić information content (AvgIpc) is 2.73. The van der Waals surface area contributed by atoms with Gasteiger partial charge in [0.05, 0.1) is 12.8 Å². The number of likely N-dealkylation sites (tertiary alicyclic amines) is 1. The summed E-state index contributed by atoms with van der Waals surface area (Å²) in [4.78, 5) is 18.2. The standard InChI is InChI=1S/C19H24N4O4S/c1-27-18-7-3-2-6-17(18)22-19(24)23-11-8-15(9-12-23)13-21-28(25,26)16-5-4-10-20-14-16/h2-7,10,14-15,21H,8-9,11-13H2,1H3,(H,22,24). The normalized spacial score (nSPS) is 15.2. The number of urea groups is 1. The number of amides is 2. The summed E-state index contributed by atoms with van der Waals surface area (Å²) < 4.78 is 32.4. The van der Waals surface area contributed by atoms with Crippen LogP contribution in [0.3, 0.4) is 0 Å². The first-order valence-corrected chi connectivity index (χ1v) is 10.6. The molecule has 0 aliphatic carbocycles. The highest BCUT2D eigenvalue weighted by Crippen LogP contribution is 2.24. The number of para-hydroxylation sites is 2. The molecule has 1 aliphatic rings. The van der Waals surface area contributed by atoms with Crippen molar-refractivity contribution in [3.63, 3.8) is 0 Å². The lowest BCUT2D eigenvalue weighted by atomic mass is 9.97. The molecule has 1 aromatic carbocycles. The van der Waals surface area contributed by atoms with Crippen molar-refractivity contribution < 1.29 is 17.9 Å². The SMILES string of the molecule is COc1ccccc1NC(=O)N1CCC(CNS(=O)(=O)c2cccnc2)CC1. The molecular formula is C19H24N4O4S. The number of benzene rings is 1. The molecule has 1 saturated heterocycles. The summed E-state index contributed by atoms with van der Waals surface area (Å²) in [6.45, 7) is 1.49. The minimum atomic E-state index is -3.56. The summed E-state index contributed by atoms with van der Waals surface area (Å²) in [5, 5.41) is 2.87. The lowest BCUT2D eigenvalue weighted by molar-refractivity contribution is 0.183. The van der Waals surface area contributed by atoms with E-state index in [1.54, 1.807) is 30.2 Å². The smallest absolute Gasteiger partial charge is 0.321 e. The Morgan fingerprint density at radius 3 is 2.64 bits per heavy atom. The van der Waals surface area contributed by atoms with Crippen LogP contribution in [-0.2, 0) is 10.0 Å². The molecule has 0 bridgehead atoms. The van der Waals surface area contributed by atoms with Crippen LogP contribution in [0.15, 0.2) is 53.7 Å². The van der Waals surface area contributed by atoms with Crippen molar-refractivity contribution in [1.82, 2.24) is 14.6 Å². The minimum Gasteiger partial charge on any atom is -0.495 e. The predicted molar refractivity (Wildman–Crippen MR) is 106 cm³/mol. The number of hydrogen-bond donors (Lipinski definition) is 2. The van der Waals surface area contributed by atoms with E-state index in [2.05, 4.69) is 15.0 Å². The topological polar surface area (TPSA) is 101 Å². The van der Waals surface area contributed by atoms with Crippen LogP contribution in [0.1, 0.15) is 12.8 Å². The number of rotatable bonds is 6. The van der Waals surface area contributed by atoms with Gasteiger partial charge in [0.25, 0.3) is 0 Å². The van der Waals surface area contributed by atoms with Crippen molar-refractivity contribution in [2.24, 2.45) is 5.92 Å². The Morgan fingerprint density at radius 2 is 1.96 bits per heavy atom. The van der Waals surface area contributed by atoms with Crippen molar-refractivity contribution in [1.29, 1.82) is 0 Å².